The lowest BCUT2D eigenvalue weighted by molar-refractivity contribution is -0.135. The molecule has 5 heteroatoms. The normalized spacial score (nSPS) is 19.0. The first-order valence-corrected chi connectivity index (χ1v) is 10.5. The molecule has 0 bridgehead atoms. The molecule has 2 fully saturated rings. The van der Waals surface area contributed by atoms with Crippen LogP contribution in [0, 0.1) is 6.92 Å². The van der Waals surface area contributed by atoms with Crippen LogP contribution < -0.4 is 0 Å². The number of likely N-dealkylation sites (tertiary alicyclic amines) is 1. The zero-order valence-electron chi connectivity index (χ0n) is 16.7. The molecule has 0 unspecified atom stereocenters. The number of carbonyl (C=O) groups excluding carboxylic acids is 2. The van der Waals surface area contributed by atoms with Gasteiger partial charge in [0.25, 0.3) is 0 Å². The van der Waals surface area contributed by atoms with E-state index in [4.69, 9.17) is 0 Å². The van der Waals surface area contributed by atoms with Crippen molar-refractivity contribution in [2.45, 2.75) is 45.4 Å². The summed E-state index contributed by atoms with van der Waals surface area (Å²) in [6.07, 6.45) is 6.12. The van der Waals surface area contributed by atoms with E-state index in [1.54, 1.807) is 0 Å². The lowest BCUT2D eigenvalue weighted by Gasteiger charge is -2.35. The third-order valence-electron chi connectivity index (χ3n) is 5.79. The Hall–Kier alpha value is -1.88. The molecule has 5 nitrogen and oxygen atoms in total. The van der Waals surface area contributed by atoms with Crippen molar-refractivity contribution in [3.8, 4) is 0 Å². The molecular formula is C22H33N3O2. The van der Waals surface area contributed by atoms with Gasteiger partial charge in [0.15, 0.2) is 0 Å². The molecule has 27 heavy (non-hydrogen) atoms. The maximum atomic E-state index is 12.5. The average Bonchev–Trinajstić information content (AvgIpc) is 2.97. The summed E-state index contributed by atoms with van der Waals surface area (Å²) in [5.74, 6) is 0.491. The molecule has 2 aliphatic heterocycles. The number of rotatable bonds is 5. The maximum Gasteiger partial charge on any atom is 0.236 e. The molecule has 1 aromatic rings. The summed E-state index contributed by atoms with van der Waals surface area (Å²) in [5.41, 5.74) is 2.46. The first-order chi connectivity index (χ1) is 13.1. The highest BCUT2D eigenvalue weighted by atomic mass is 16.2. The van der Waals surface area contributed by atoms with Crippen LogP contribution in [0.25, 0.3) is 0 Å². The van der Waals surface area contributed by atoms with Crippen LogP contribution >= 0.6 is 0 Å². The van der Waals surface area contributed by atoms with Gasteiger partial charge >= 0.3 is 0 Å². The first-order valence-electron chi connectivity index (χ1n) is 10.5. The van der Waals surface area contributed by atoms with E-state index in [0.29, 0.717) is 13.0 Å². The lowest BCUT2D eigenvalue weighted by Crippen LogP contribution is -2.51. The Kier molecular flexibility index (Phi) is 7.27. The highest BCUT2D eigenvalue weighted by Crippen LogP contribution is 2.12. The fourth-order valence-corrected chi connectivity index (χ4v) is 3.93. The van der Waals surface area contributed by atoms with Gasteiger partial charge in [0.05, 0.1) is 6.54 Å². The molecule has 1 aromatic carbocycles. The van der Waals surface area contributed by atoms with Gasteiger partial charge in [-0.25, -0.2) is 0 Å². The number of amides is 2. The van der Waals surface area contributed by atoms with Crippen molar-refractivity contribution in [3.63, 3.8) is 0 Å². The monoisotopic (exact) mass is 371 g/mol. The van der Waals surface area contributed by atoms with Crippen LogP contribution in [0.1, 0.15) is 43.2 Å². The SMILES string of the molecule is Cc1ccc(CCC(=O)N2CCN(CC(=O)N3CCCCCC3)CC2)cc1. The van der Waals surface area contributed by atoms with Crippen molar-refractivity contribution in [2.75, 3.05) is 45.8 Å². The summed E-state index contributed by atoms with van der Waals surface area (Å²) in [4.78, 5) is 31.2. The van der Waals surface area contributed by atoms with Crippen molar-refractivity contribution in [3.05, 3.63) is 35.4 Å². The highest BCUT2D eigenvalue weighted by molar-refractivity contribution is 5.78. The fraction of sp³-hybridized carbons (Fsp3) is 0.636. The number of hydrogen-bond acceptors (Lipinski definition) is 3. The number of hydrogen-bond donors (Lipinski definition) is 0. The molecule has 148 valence electrons. The van der Waals surface area contributed by atoms with Crippen molar-refractivity contribution >= 4 is 11.8 Å². The van der Waals surface area contributed by atoms with Gasteiger partial charge in [-0.05, 0) is 31.7 Å². The van der Waals surface area contributed by atoms with E-state index in [2.05, 4.69) is 36.1 Å². The fourth-order valence-electron chi connectivity index (χ4n) is 3.93. The average molecular weight is 372 g/mol. The Morgan fingerprint density at radius 1 is 0.778 bits per heavy atom. The van der Waals surface area contributed by atoms with Crippen molar-refractivity contribution in [2.24, 2.45) is 0 Å². The van der Waals surface area contributed by atoms with Crippen LogP contribution in [0.15, 0.2) is 24.3 Å². The minimum Gasteiger partial charge on any atom is -0.342 e. The smallest absolute Gasteiger partial charge is 0.236 e. The second-order valence-electron chi connectivity index (χ2n) is 7.94. The first kappa shape index (κ1) is 19.9. The van der Waals surface area contributed by atoms with E-state index in [1.165, 1.54) is 24.0 Å². The van der Waals surface area contributed by atoms with Gasteiger partial charge in [0, 0.05) is 45.7 Å². The Labute approximate surface area is 163 Å². The molecule has 0 aromatic heterocycles. The number of aryl methyl sites for hydroxylation is 2. The van der Waals surface area contributed by atoms with Gasteiger partial charge in [0.2, 0.25) is 11.8 Å². The molecule has 0 N–H and O–H groups in total. The van der Waals surface area contributed by atoms with Crippen molar-refractivity contribution < 1.29 is 9.59 Å². The largest absolute Gasteiger partial charge is 0.342 e. The van der Waals surface area contributed by atoms with Gasteiger partial charge in [-0.3, -0.25) is 14.5 Å². The summed E-state index contributed by atoms with van der Waals surface area (Å²) >= 11 is 0. The van der Waals surface area contributed by atoms with E-state index in [9.17, 15) is 9.59 Å². The molecule has 0 atom stereocenters. The molecular weight excluding hydrogens is 338 g/mol. The van der Waals surface area contributed by atoms with E-state index in [1.807, 2.05) is 9.80 Å². The Bertz CT molecular complexity index is 613. The highest BCUT2D eigenvalue weighted by Gasteiger charge is 2.24. The van der Waals surface area contributed by atoms with Gasteiger partial charge in [-0.15, -0.1) is 0 Å². The summed E-state index contributed by atoms with van der Waals surface area (Å²) < 4.78 is 0. The maximum absolute atomic E-state index is 12.5. The topological polar surface area (TPSA) is 43.9 Å². The van der Waals surface area contributed by atoms with E-state index >= 15 is 0 Å². The zero-order chi connectivity index (χ0) is 19.1. The summed E-state index contributed by atoms with van der Waals surface area (Å²) in [6.45, 7) is 7.48. The second kappa shape index (κ2) is 9.88. The van der Waals surface area contributed by atoms with Gasteiger partial charge < -0.3 is 9.80 Å². The van der Waals surface area contributed by atoms with Gasteiger partial charge in [0.1, 0.15) is 0 Å². The van der Waals surface area contributed by atoms with Crippen molar-refractivity contribution in [1.82, 2.24) is 14.7 Å². The summed E-state index contributed by atoms with van der Waals surface area (Å²) in [7, 11) is 0. The zero-order valence-corrected chi connectivity index (χ0v) is 16.7. The molecule has 0 aliphatic carbocycles. The van der Waals surface area contributed by atoms with Crippen LogP contribution in [-0.2, 0) is 16.0 Å². The minimum atomic E-state index is 0.231. The van der Waals surface area contributed by atoms with Crippen LogP contribution in [0.3, 0.4) is 0 Å². The molecule has 3 rings (SSSR count). The molecule has 2 aliphatic rings. The number of nitrogens with zero attached hydrogens (tertiary/aromatic N) is 3. The third kappa shape index (κ3) is 6.06. The van der Waals surface area contributed by atoms with E-state index in [0.717, 1.165) is 58.5 Å². The molecule has 2 heterocycles. The number of piperazine rings is 1. The molecule has 2 saturated heterocycles. The standard InChI is InChI=1S/C22H33N3O2/c1-19-6-8-20(9-7-19)10-11-21(26)25-16-14-23(15-17-25)18-22(27)24-12-4-2-3-5-13-24/h6-9H,2-5,10-18H2,1H3. The Morgan fingerprint density at radius 3 is 2.00 bits per heavy atom. The minimum absolute atomic E-state index is 0.231. The third-order valence-corrected chi connectivity index (χ3v) is 5.79. The number of benzene rings is 1. The molecule has 0 saturated carbocycles. The Balaban J connectivity index is 1.38. The van der Waals surface area contributed by atoms with Crippen LogP contribution in [-0.4, -0.2) is 72.3 Å². The van der Waals surface area contributed by atoms with Crippen LogP contribution in [0.4, 0.5) is 0 Å². The van der Waals surface area contributed by atoms with E-state index < -0.39 is 0 Å². The summed E-state index contributed by atoms with van der Waals surface area (Å²) in [5, 5.41) is 0. The number of carbonyl (C=O) groups is 2. The predicted octanol–water partition coefficient (Wildman–Crippen LogP) is 2.47. The summed E-state index contributed by atoms with van der Waals surface area (Å²) in [6, 6.07) is 8.41. The van der Waals surface area contributed by atoms with Gasteiger partial charge in [-0.2, -0.15) is 0 Å². The molecule has 0 spiro atoms. The Morgan fingerprint density at radius 2 is 1.37 bits per heavy atom. The van der Waals surface area contributed by atoms with Crippen molar-refractivity contribution in [1.29, 1.82) is 0 Å². The van der Waals surface area contributed by atoms with Crippen LogP contribution in [0.5, 0.6) is 0 Å². The van der Waals surface area contributed by atoms with Crippen LogP contribution in [0.2, 0.25) is 0 Å². The van der Waals surface area contributed by atoms with E-state index in [-0.39, 0.29) is 11.8 Å². The van der Waals surface area contributed by atoms with Gasteiger partial charge in [-0.1, -0.05) is 42.7 Å². The lowest BCUT2D eigenvalue weighted by atomic mass is 10.1. The second-order valence-corrected chi connectivity index (χ2v) is 7.94. The predicted molar refractivity (Wildman–Crippen MR) is 108 cm³/mol. The molecule has 2 amide bonds. The quantitative estimate of drug-likeness (QED) is 0.799. The molecule has 0 radical (unpaired) electrons.